The van der Waals surface area contributed by atoms with Crippen LogP contribution in [0.1, 0.15) is 43.0 Å². The van der Waals surface area contributed by atoms with E-state index in [1.165, 1.54) is 6.07 Å². The second kappa shape index (κ2) is 6.43. The minimum atomic E-state index is -0.546. The molecule has 2 rings (SSSR count). The Morgan fingerprint density at radius 2 is 2.24 bits per heavy atom. The van der Waals surface area contributed by atoms with Gasteiger partial charge in [0.2, 0.25) is 0 Å². The zero-order chi connectivity index (χ0) is 15.5. The molecule has 21 heavy (non-hydrogen) atoms. The Hall–Kier alpha value is -1.62. The Morgan fingerprint density at radius 1 is 1.48 bits per heavy atom. The maximum absolute atomic E-state index is 13.3. The second-order valence-corrected chi connectivity index (χ2v) is 5.90. The quantitative estimate of drug-likeness (QED) is 0.897. The lowest BCUT2D eigenvalue weighted by atomic mass is 9.77. The molecule has 0 aliphatic carbocycles. The smallest absolute Gasteiger partial charge is 0.257 e. The first-order chi connectivity index (χ1) is 10.0. The lowest BCUT2D eigenvalue weighted by Crippen LogP contribution is -2.47. The number of hydrogen-bond acceptors (Lipinski definition) is 3. The molecule has 116 valence electrons. The molecule has 1 atom stereocenters. The van der Waals surface area contributed by atoms with E-state index in [1.54, 1.807) is 4.90 Å². The fourth-order valence-corrected chi connectivity index (χ4v) is 3.17. The van der Waals surface area contributed by atoms with Crippen LogP contribution in [0.2, 0.25) is 0 Å². The largest absolute Gasteiger partial charge is 0.507 e. The molecule has 1 aromatic rings. The molecule has 2 N–H and O–H groups in total. The summed E-state index contributed by atoms with van der Waals surface area (Å²) in [6.45, 7) is 3.11. The van der Waals surface area contributed by atoms with Crippen LogP contribution in [0, 0.1) is 11.2 Å². The molecule has 0 aromatic heterocycles. The highest BCUT2D eigenvalue weighted by atomic mass is 19.1. The molecule has 0 spiro atoms. The number of hydrogen-bond donors (Lipinski definition) is 2. The number of rotatable bonds is 4. The molecule has 1 aromatic carbocycles. The van der Waals surface area contributed by atoms with Gasteiger partial charge in [-0.3, -0.25) is 4.79 Å². The first-order valence-corrected chi connectivity index (χ1v) is 7.40. The number of halogens is 1. The van der Waals surface area contributed by atoms with Gasteiger partial charge >= 0.3 is 0 Å². The molecule has 0 unspecified atom stereocenters. The van der Waals surface area contributed by atoms with Gasteiger partial charge in [-0.25, -0.2) is 4.39 Å². The average Bonchev–Trinajstić information content (AvgIpc) is 2.49. The van der Waals surface area contributed by atoms with E-state index < -0.39 is 5.82 Å². The van der Waals surface area contributed by atoms with Crippen LogP contribution < -0.4 is 0 Å². The van der Waals surface area contributed by atoms with Gasteiger partial charge in [0.1, 0.15) is 11.6 Å². The van der Waals surface area contributed by atoms with Gasteiger partial charge in [-0.1, -0.05) is 13.3 Å². The van der Waals surface area contributed by atoms with Crippen LogP contribution in [0.3, 0.4) is 0 Å². The Bertz CT molecular complexity index is 516. The highest BCUT2D eigenvalue weighted by molar-refractivity contribution is 5.96. The summed E-state index contributed by atoms with van der Waals surface area (Å²) in [5.41, 5.74) is -0.286. The van der Waals surface area contributed by atoms with Gasteiger partial charge in [-0.2, -0.15) is 0 Å². The van der Waals surface area contributed by atoms with Crippen molar-refractivity contribution < 1.29 is 19.4 Å². The third-order valence-corrected chi connectivity index (χ3v) is 4.25. The van der Waals surface area contributed by atoms with Crippen molar-refractivity contribution in [2.24, 2.45) is 5.41 Å². The number of amides is 1. The van der Waals surface area contributed by atoms with Crippen molar-refractivity contribution in [1.29, 1.82) is 0 Å². The minimum Gasteiger partial charge on any atom is -0.507 e. The van der Waals surface area contributed by atoms with Gasteiger partial charge in [0, 0.05) is 18.5 Å². The first kappa shape index (κ1) is 15.8. The predicted molar refractivity (Wildman–Crippen MR) is 77.6 cm³/mol. The van der Waals surface area contributed by atoms with E-state index in [0.29, 0.717) is 13.1 Å². The molecule has 1 heterocycles. The standard InChI is InChI=1S/C16H22FNO3/c1-2-6-16(11-19)7-3-8-18(10-16)15(21)13-9-12(17)4-5-14(13)20/h4-5,9,19-20H,2-3,6-8,10-11H2,1H3/t16-/m1/s1. The number of piperidine rings is 1. The van der Waals surface area contributed by atoms with Crippen molar-refractivity contribution in [2.45, 2.75) is 32.6 Å². The molecule has 1 fully saturated rings. The van der Waals surface area contributed by atoms with Crippen molar-refractivity contribution >= 4 is 5.91 Å². The van der Waals surface area contributed by atoms with E-state index in [-0.39, 0.29) is 29.2 Å². The topological polar surface area (TPSA) is 60.8 Å². The molecular weight excluding hydrogens is 273 g/mol. The number of aliphatic hydroxyl groups is 1. The van der Waals surface area contributed by atoms with Crippen LogP contribution in [0.15, 0.2) is 18.2 Å². The molecule has 0 radical (unpaired) electrons. The Balaban J connectivity index is 2.21. The lowest BCUT2D eigenvalue weighted by molar-refractivity contribution is 0.0220. The van der Waals surface area contributed by atoms with Gasteiger partial charge in [0.15, 0.2) is 0 Å². The SMILES string of the molecule is CCC[C@@]1(CO)CCCN(C(=O)c2cc(F)ccc2O)C1. The van der Waals surface area contributed by atoms with Crippen molar-refractivity contribution in [2.75, 3.05) is 19.7 Å². The van der Waals surface area contributed by atoms with E-state index >= 15 is 0 Å². The van der Waals surface area contributed by atoms with Crippen LogP contribution in [0.4, 0.5) is 4.39 Å². The summed E-state index contributed by atoms with van der Waals surface area (Å²) in [6.07, 6.45) is 3.48. The molecular formula is C16H22FNO3. The van der Waals surface area contributed by atoms with Crippen molar-refractivity contribution in [3.8, 4) is 5.75 Å². The van der Waals surface area contributed by atoms with Crippen LogP contribution in [0.25, 0.3) is 0 Å². The normalized spacial score (nSPS) is 22.3. The zero-order valence-corrected chi connectivity index (χ0v) is 12.3. The maximum Gasteiger partial charge on any atom is 0.257 e. The molecule has 0 bridgehead atoms. The Kier molecular flexibility index (Phi) is 4.83. The summed E-state index contributed by atoms with van der Waals surface area (Å²) in [5.74, 6) is -1.13. The molecule has 1 saturated heterocycles. The van der Waals surface area contributed by atoms with Crippen molar-refractivity contribution in [3.63, 3.8) is 0 Å². The van der Waals surface area contributed by atoms with Gasteiger partial charge in [0.25, 0.3) is 5.91 Å². The number of benzene rings is 1. The van der Waals surface area contributed by atoms with Gasteiger partial charge in [-0.15, -0.1) is 0 Å². The summed E-state index contributed by atoms with van der Waals surface area (Å²) >= 11 is 0. The predicted octanol–water partition coefficient (Wildman–Crippen LogP) is 2.55. The van der Waals surface area contributed by atoms with Gasteiger partial charge < -0.3 is 15.1 Å². The molecule has 0 saturated carbocycles. The van der Waals surface area contributed by atoms with Crippen molar-refractivity contribution in [1.82, 2.24) is 4.90 Å². The van der Waals surface area contributed by atoms with Gasteiger partial charge in [0.05, 0.1) is 12.2 Å². The highest BCUT2D eigenvalue weighted by Crippen LogP contribution is 2.35. The number of phenolic OH excluding ortho intramolecular Hbond substituents is 1. The fourth-order valence-electron chi connectivity index (χ4n) is 3.17. The highest BCUT2D eigenvalue weighted by Gasteiger charge is 2.36. The summed E-state index contributed by atoms with van der Waals surface area (Å²) in [6, 6.07) is 3.38. The molecule has 4 nitrogen and oxygen atoms in total. The minimum absolute atomic E-state index is 0.0137. The molecule has 1 amide bonds. The van der Waals surface area contributed by atoms with E-state index in [9.17, 15) is 19.4 Å². The van der Waals surface area contributed by atoms with Crippen LogP contribution in [-0.4, -0.2) is 40.7 Å². The molecule has 1 aliphatic rings. The van der Waals surface area contributed by atoms with Crippen LogP contribution >= 0.6 is 0 Å². The van der Waals surface area contributed by atoms with Crippen molar-refractivity contribution in [3.05, 3.63) is 29.6 Å². The van der Waals surface area contributed by atoms with Crippen LogP contribution in [0.5, 0.6) is 5.75 Å². The summed E-state index contributed by atoms with van der Waals surface area (Å²) < 4.78 is 13.3. The second-order valence-electron chi connectivity index (χ2n) is 5.90. The monoisotopic (exact) mass is 295 g/mol. The number of nitrogens with zero attached hydrogens (tertiary/aromatic N) is 1. The number of carbonyl (C=O) groups is 1. The van der Waals surface area contributed by atoms with Gasteiger partial charge in [-0.05, 0) is 37.5 Å². The third-order valence-electron chi connectivity index (χ3n) is 4.25. The molecule has 5 heteroatoms. The molecule has 1 aliphatic heterocycles. The number of aromatic hydroxyl groups is 1. The first-order valence-electron chi connectivity index (χ1n) is 7.40. The Labute approximate surface area is 124 Å². The number of phenols is 1. The van der Waals surface area contributed by atoms with E-state index in [4.69, 9.17) is 0 Å². The van der Waals surface area contributed by atoms with Crippen LogP contribution in [-0.2, 0) is 0 Å². The zero-order valence-electron chi connectivity index (χ0n) is 12.3. The number of likely N-dealkylation sites (tertiary alicyclic amines) is 1. The van der Waals surface area contributed by atoms with E-state index in [2.05, 4.69) is 6.92 Å². The number of aliphatic hydroxyl groups excluding tert-OH is 1. The summed E-state index contributed by atoms with van der Waals surface area (Å²) in [7, 11) is 0. The summed E-state index contributed by atoms with van der Waals surface area (Å²) in [4.78, 5) is 14.1. The van der Waals surface area contributed by atoms with E-state index in [1.807, 2.05) is 0 Å². The number of carbonyl (C=O) groups excluding carboxylic acids is 1. The van der Waals surface area contributed by atoms with E-state index in [0.717, 1.165) is 37.8 Å². The third kappa shape index (κ3) is 3.35. The lowest BCUT2D eigenvalue weighted by Gasteiger charge is -2.42. The fraction of sp³-hybridized carbons (Fsp3) is 0.562. The summed E-state index contributed by atoms with van der Waals surface area (Å²) in [5, 5.41) is 19.5. The maximum atomic E-state index is 13.3. The average molecular weight is 295 g/mol. The Morgan fingerprint density at radius 3 is 2.90 bits per heavy atom.